The molecule has 0 N–H and O–H groups in total. The number of rotatable bonds is 8. The van der Waals surface area contributed by atoms with Crippen molar-refractivity contribution in [2.24, 2.45) is 0 Å². The summed E-state index contributed by atoms with van der Waals surface area (Å²) in [5.41, 5.74) is 10.9. The van der Waals surface area contributed by atoms with Crippen molar-refractivity contribution in [3.63, 3.8) is 0 Å². The van der Waals surface area contributed by atoms with Gasteiger partial charge in [0, 0.05) is 53.6 Å². The third-order valence-electron chi connectivity index (χ3n) is 11.1. The van der Waals surface area contributed by atoms with Crippen LogP contribution in [-0.4, -0.2) is 15.0 Å². The molecular weight excluding hydrogens is 749 g/mol. The Morgan fingerprint density at radius 1 is 0.333 bits per heavy atom. The average molecular weight is 785 g/mol. The van der Waals surface area contributed by atoms with Crippen molar-refractivity contribution >= 4 is 59.3 Å². The highest BCUT2D eigenvalue weighted by Gasteiger charge is 2.22. The Hall–Kier alpha value is -7.73. The maximum atomic E-state index is 5.14. The third kappa shape index (κ3) is 6.48. The quantitative estimate of drug-likeness (QED) is 0.154. The van der Waals surface area contributed by atoms with Gasteiger partial charge in [-0.25, -0.2) is 15.0 Å². The van der Waals surface area contributed by atoms with Gasteiger partial charge in [-0.3, -0.25) is 0 Å². The van der Waals surface area contributed by atoms with E-state index in [0.717, 1.165) is 38.5 Å². The molecule has 4 nitrogen and oxygen atoms in total. The summed E-state index contributed by atoms with van der Waals surface area (Å²) in [6.07, 6.45) is 0. The first-order chi connectivity index (χ1) is 29.7. The summed E-state index contributed by atoms with van der Waals surface area (Å²) in [5, 5.41) is 4.79. The van der Waals surface area contributed by atoms with Gasteiger partial charge in [-0.05, 0) is 64.0 Å². The summed E-state index contributed by atoms with van der Waals surface area (Å²) in [6, 6.07) is 77.0. The second kappa shape index (κ2) is 15.2. The van der Waals surface area contributed by atoms with E-state index in [-0.39, 0.29) is 0 Å². The molecule has 0 aliphatic heterocycles. The summed E-state index contributed by atoms with van der Waals surface area (Å²) >= 11 is 1.80. The van der Waals surface area contributed by atoms with Gasteiger partial charge in [-0.15, -0.1) is 11.3 Å². The number of aromatic nitrogens is 3. The maximum Gasteiger partial charge on any atom is 0.165 e. The fraction of sp³-hybridized carbons (Fsp3) is 0. The summed E-state index contributed by atoms with van der Waals surface area (Å²) in [7, 11) is 0. The van der Waals surface area contributed by atoms with Crippen molar-refractivity contribution in [2.75, 3.05) is 4.90 Å². The van der Waals surface area contributed by atoms with E-state index in [1.807, 2.05) is 36.4 Å². The lowest BCUT2D eigenvalue weighted by Crippen LogP contribution is -2.10. The monoisotopic (exact) mass is 784 g/mol. The van der Waals surface area contributed by atoms with Gasteiger partial charge in [-0.1, -0.05) is 182 Å². The van der Waals surface area contributed by atoms with Crippen molar-refractivity contribution in [1.29, 1.82) is 0 Å². The molecule has 282 valence electrons. The second-order valence-electron chi connectivity index (χ2n) is 14.8. The topological polar surface area (TPSA) is 41.9 Å². The first kappa shape index (κ1) is 35.4. The highest BCUT2D eigenvalue weighted by molar-refractivity contribution is 7.26. The SMILES string of the molecule is c1ccc(-c2ccc(N(c3ccc(-c4ccccc4)cc3)c3cc4sc5c(-c6nc(-c7ccccc7)nc(-c7ccccc7)n6)cccc5c4c4ccccc34)cc2)cc1. The molecule has 0 radical (unpaired) electrons. The lowest BCUT2D eigenvalue weighted by atomic mass is 9.99. The molecule has 11 aromatic rings. The zero-order valence-corrected chi connectivity index (χ0v) is 33.3. The second-order valence-corrected chi connectivity index (χ2v) is 15.9. The van der Waals surface area contributed by atoms with Crippen LogP contribution < -0.4 is 4.90 Å². The van der Waals surface area contributed by atoms with E-state index in [1.165, 1.54) is 48.5 Å². The minimum atomic E-state index is 0.650. The van der Waals surface area contributed by atoms with Gasteiger partial charge in [0.05, 0.1) is 5.69 Å². The maximum absolute atomic E-state index is 5.14. The Morgan fingerprint density at radius 3 is 1.27 bits per heavy atom. The van der Waals surface area contributed by atoms with Gasteiger partial charge in [0.25, 0.3) is 0 Å². The smallest absolute Gasteiger partial charge is 0.165 e. The number of fused-ring (bicyclic) bond motifs is 5. The van der Waals surface area contributed by atoms with Gasteiger partial charge >= 0.3 is 0 Å². The van der Waals surface area contributed by atoms with Crippen LogP contribution in [0.3, 0.4) is 0 Å². The first-order valence-corrected chi connectivity index (χ1v) is 20.9. The fourth-order valence-electron chi connectivity index (χ4n) is 8.23. The third-order valence-corrected chi connectivity index (χ3v) is 12.3. The van der Waals surface area contributed by atoms with E-state index in [2.05, 4.69) is 187 Å². The Kier molecular flexibility index (Phi) is 8.99. The molecule has 0 fully saturated rings. The molecule has 2 aromatic heterocycles. The van der Waals surface area contributed by atoms with Crippen LogP contribution in [0.15, 0.2) is 218 Å². The average Bonchev–Trinajstić information content (AvgIpc) is 3.72. The molecule has 0 unspecified atom stereocenters. The molecule has 5 heteroatoms. The Bertz CT molecular complexity index is 3140. The van der Waals surface area contributed by atoms with Crippen LogP contribution in [0.2, 0.25) is 0 Å². The van der Waals surface area contributed by atoms with Crippen LogP contribution in [-0.2, 0) is 0 Å². The highest BCUT2D eigenvalue weighted by Crippen LogP contribution is 2.48. The lowest BCUT2D eigenvalue weighted by molar-refractivity contribution is 1.08. The van der Waals surface area contributed by atoms with Crippen LogP contribution in [0.4, 0.5) is 17.1 Å². The number of hydrogen-bond donors (Lipinski definition) is 0. The van der Waals surface area contributed by atoms with E-state index in [4.69, 9.17) is 15.0 Å². The molecule has 2 heterocycles. The fourth-order valence-corrected chi connectivity index (χ4v) is 9.49. The summed E-state index contributed by atoms with van der Waals surface area (Å²) in [5.74, 6) is 1.96. The Balaban J connectivity index is 1.11. The predicted molar refractivity (Wildman–Crippen MR) is 252 cm³/mol. The minimum Gasteiger partial charge on any atom is -0.310 e. The van der Waals surface area contributed by atoms with Crippen LogP contribution in [0.5, 0.6) is 0 Å². The van der Waals surface area contributed by atoms with Gasteiger partial charge in [0.1, 0.15) is 0 Å². The van der Waals surface area contributed by atoms with E-state index < -0.39 is 0 Å². The summed E-state index contributed by atoms with van der Waals surface area (Å²) in [4.78, 5) is 17.7. The first-order valence-electron chi connectivity index (χ1n) is 20.1. The minimum absolute atomic E-state index is 0.650. The molecule has 0 aliphatic rings. The van der Waals surface area contributed by atoms with Crippen LogP contribution in [0.1, 0.15) is 0 Å². The largest absolute Gasteiger partial charge is 0.310 e. The number of benzene rings is 9. The van der Waals surface area contributed by atoms with Gasteiger partial charge in [-0.2, -0.15) is 0 Å². The van der Waals surface area contributed by atoms with E-state index in [1.54, 1.807) is 11.3 Å². The van der Waals surface area contributed by atoms with Crippen molar-refractivity contribution in [3.05, 3.63) is 218 Å². The molecule has 0 amide bonds. The van der Waals surface area contributed by atoms with Gasteiger partial charge in [0.2, 0.25) is 0 Å². The molecule has 11 rings (SSSR count). The van der Waals surface area contributed by atoms with Gasteiger partial charge in [0.15, 0.2) is 17.5 Å². The normalized spacial score (nSPS) is 11.3. The van der Waals surface area contributed by atoms with Crippen molar-refractivity contribution in [2.45, 2.75) is 0 Å². The molecule has 0 saturated heterocycles. The van der Waals surface area contributed by atoms with Crippen molar-refractivity contribution in [1.82, 2.24) is 15.0 Å². The Morgan fingerprint density at radius 2 is 0.750 bits per heavy atom. The molecule has 0 bridgehead atoms. The summed E-state index contributed by atoms with van der Waals surface area (Å²) in [6.45, 7) is 0. The number of anilines is 3. The molecule has 0 aliphatic carbocycles. The van der Waals surface area contributed by atoms with Crippen LogP contribution in [0, 0.1) is 0 Å². The van der Waals surface area contributed by atoms with Crippen LogP contribution in [0.25, 0.3) is 87.4 Å². The molecule has 0 atom stereocenters. The lowest BCUT2D eigenvalue weighted by Gasteiger charge is -2.27. The molecule has 9 aromatic carbocycles. The Labute approximate surface area is 352 Å². The molecule has 0 saturated carbocycles. The number of nitrogens with zero attached hydrogens (tertiary/aromatic N) is 4. The standard InChI is InChI=1S/C55H36N4S/c1-5-16-37(17-6-1)39-28-32-43(33-29-39)59(44-34-30-40(31-35-44)38-18-7-2-8-19-38)49-36-50-51(46-25-14-13-24-45(46)49)47-26-15-27-48(52(47)60-50)55-57-53(41-20-9-3-10-21-41)56-54(58-55)42-22-11-4-12-23-42/h1-36H. The molecular formula is C55H36N4S. The van der Waals surface area contributed by atoms with E-state index in [9.17, 15) is 0 Å². The van der Waals surface area contributed by atoms with Gasteiger partial charge < -0.3 is 4.90 Å². The molecule has 60 heavy (non-hydrogen) atoms. The van der Waals surface area contributed by atoms with Crippen molar-refractivity contribution < 1.29 is 0 Å². The zero-order valence-electron chi connectivity index (χ0n) is 32.5. The predicted octanol–water partition coefficient (Wildman–Crippen LogP) is 15.2. The number of hydrogen-bond acceptors (Lipinski definition) is 5. The van der Waals surface area contributed by atoms with E-state index in [0.29, 0.717) is 17.5 Å². The van der Waals surface area contributed by atoms with Crippen molar-refractivity contribution in [3.8, 4) is 56.4 Å². The summed E-state index contributed by atoms with van der Waals surface area (Å²) < 4.78 is 2.34. The number of thiophene rings is 1. The highest BCUT2D eigenvalue weighted by atomic mass is 32.1. The molecule has 0 spiro atoms. The van der Waals surface area contributed by atoms with Crippen LogP contribution >= 0.6 is 11.3 Å². The zero-order chi connectivity index (χ0) is 39.8. The van der Waals surface area contributed by atoms with E-state index >= 15 is 0 Å².